The van der Waals surface area contributed by atoms with E-state index >= 15 is 0 Å². The molecule has 240 valence electrons. The van der Waals surface area contributed by atoms with Crippen LogP contribution in [-0.4, -0.2) is 76.2 Å². The Morgan fingerprint density at radius 1 is 1.14 bits per heavy atom. The normalized spacial score (nSPS) is 19.7. The van der Waals surface area contributed by atoms with Gasteiger partial charge in [-0.3, -0.25) is 19.2 Å². The standard InChI is InChI=1S/C32H43F3N6O3/c1-6-24-25(30(42)36-14-26-19(3)12-20(4)38-31(26)43)13-28-27(15-37-39(28)5)29(24)41(7-2)22-10-8-21(9-11-22)40-16-23(17-40)44-18-32(33,34)35/h12-13,15,21-23H,6-11,14,16-18H2,1-5H3,(H,36,42)(H,38,43). The number of benzene rings is 1. The van der Waals surface area contributed by atoms with Crippen molar-refractivity contribution in [3.05, 3.63) is 56.6 Å². The van der Waals surface area contributed by atoms with Crippen molar-refractivity contribution in [3.63, 3.8) is 0 Å². The van der Waals surface area contributed by atoms with Gasteiger partial charge in [-0.2, -0.15) is 18.3 Å². The molecule has 3 heterocycles. The molecule has 2 N–H and O–H groups in total. The number of amides is 1. The summed E-state index contributed by atoms with van der Waals surface area (Å²) >= 11 is 0. The average molecular weight is 617 g/mol. The van der Waals surface area contributed by atoms with E-state index in [0.717, 1.165) is 65.6 Å². The van der Waals surface area contributed by atoms with Crippen molar-refractivity contribution in [1.82, 2.24) is 25.0 Å². The van der Waals surface area contributed by atoms with Crippen LogP contribution < -0.4 is 15.8 Å². The molecule has 2 aromatic heterocycles. The molecule has 1 saturated carbocycles. The van der Waals surface area contributed by atoms with Gasteiger partial charge in [0.2, 0.25) is 0 Å². The van der Waals surface area contributed by atoms with E-state index in [1.807, 2.05) is 39.2 Å². The highest BCUT2D eigenvalue weighted by Crippen LogP contribution is 2.39. The highest BCUT2D eigenvalue weighted by molar-refractivity contribution is 6.05. The summed E-state index contributed by atoms with van der Waals surface area (Å²) in [5.41, 5.74) is 5.38. The molecule has 1 aromatic carbocycles. The summed E-state index contributed by atoms with van der Waals surface area (Å²) < 4.78 is 44.3. The zero-order chi connectivity index (χ0) is 31.8. The Kier molecular flexibility index (Phi) is 9.41. The summed E-state index contributed by atoms with van der Waals surface area (Å²) in [6, 6.07) is 4.40. The maximum Gasteiger partial charge on any atom is 0.411 e. The first-order valence-electron chi connectivity index (χ1n) is 15.5. The van der Waals surface area contributed by atoms with Crippen LogP contribution in [0.15, 0.2) is 23.1 Å². The van der Waals surface area contributed by atoms with Crippen molar-refractivity contribution >= 4 is 22.5 Å². The molecule has 0 spiro atoms. The van der Waals surface area contributed by atoms with E-state index in [2.05, 4.69) is 39.0 Å². The molecule has 0 atom stereocenters. The second-order valence-electron chi connectivity index (χ2n) is 12.2. The molecule has 1 amide bonds. The predicted molar refractivity (Wildman–Crippen MR) is 164 cm³/mol. The van der Waals surface area contributed by atoms with E-state index in [0.29, 0.717) is 36.7 Å². The van der Waals surface area contributed by atoms with Gasteiger partial charge in [-0.15, -0.1) is 0 Å². The lowest BCUT2D eigenvalue weighted by molar-refractivity contribution is -0.202. The molecule has 1 aliphatic heterocycles. The smallest absolute Gasteiger partial charge is 0.368 e. The molecule has 1 saturated heterocycles. The summed E-state index contributed by atoms with van der Waals surface area (Å²) in [5.74, 6) is -0.231. The lowest BCUT2D eigenvalue weighted by Gasteiger charge is -2.48. The minimum absolute atomic E-state index is 0.127. The number of likely N-dealkylation sites (tertiary alicyclic amines) is 1. The Hall–Kier alpha value is -3.38. The van der Waals surface area contributed by atoms with Crippen LogP contribution in [0.4, 0.5) is 18.9 Å². The van der Waals surface area contributed by atoms with Crippen molar-refractivity contribution < 1.29 is 22.7 Å². The number of halogens is 3. The lowest BCUT2D eigenvalue weighted by atomic mass is 9.86. The average Bonchev–Trinajstić information content (AvgIpc) is 3.31. The number of carbonyl (C=O) groups excluding carboxylic acids is 1. The van der Waals surface area contributed by atoms with Crippen LogP contribution >= 0.6 is 0 Å². The Morgan fingerprint density at radius 3 is 2.45 bits per heavy atom. The van der Waals surface area contributed by atoms with Crippen LogP contribution in [0, 0.1) is 13.8 Å². The number of hydrogen-bond donors (Lipinski definition) is 2. The molecule has 44 heavy (non-hydrogen) atoms. The van der Waals surface area contributed by atoms with Crippen molar-refractivity contribution in [1.29, 1.82) is 0 Å². The number of fused-ring (bicyclic) bond motifs is 1. The molecule has 0 unspecified atom stereocenters. The highest BCUT2D eigenvalue weighted by atomic mass is 19.4. The fraction of sp³-hybridized carbons (Fsp3) is 0.594. The molecule has 12 heteroatoms. The second kappa shape index (κ2) is 12.9. The molecule has 2 aliphatic rings. The van der Waals surface area contributed by atoms with Crippen LogP contribution in [0.1, 0.15) is 72.3 Å². The number of rotatable bonds is 10. The molecular weight excluding hydrogens is 573 g/mol. The fourth-order valence-electron chi connectivity index (χ4n) is 6.99. The largest absolute Gasteiger partial charge is 0.411 e. The fourth-order valence-corrected chi connectivity index (χ4v) is 6.99. The van der Waals surface area contributed by atoms with E-state index < -0.39 is 12.8 Å². The van der Waals surface area contributed by atoms with Crippen molar-refractivity contribution in [2.24, 2.45) is 7.05 Å². The van der Waals surface area contributed by atoms with Gasteiger partial charge in [0.25, 0.3) is 11.5 Å². The number of H-pyrrole nitrogens is 1. The Labute approximate surface area is 255 Å². The Bertz CT molecular complexity index is 1550. The number of pyridine rings is 1. The number of aryl methyl sites for hydroxylation is 3. The molecular formula is C32H43F3N6O3. The number of anilines is 1. The third-order valence-corrected chi connectivity index (χ3v) is 9.26. The molecule has 9 nitrogen and oxygen atoms in total. The number of alkyl halides is 3. The van der Waals surface area contributed by atoms with E-state index in [4.69, 9.17) is 4.74 Å². The van der Waals surface area contributed by atoms with E-state index in [-0.39, 0.29) is 30.2 Å². The highest BCUT2D eigenvalue weighted by Gasteiger charge is 2.39. The van der Waals surface area contributed by atoms with Crippen molar-refractivity contribution in [2.75, 3.05) is 31.1 Å². The topological polar surface area (TPSA) is 95.5 Å². The van der Waals surface area contributed by atoms with Gasteiger partial charge in [0.15, 0.2) is 0 Å². The van der Waals surface area contributed by atoms with Gasteiger partial charge in [-0.05, 0) is 76.1 Å². The first-order chi connectivity index (χ1) is 20.9. The van der Waals surface area contributed by atoms with Crippen LogP contribution in [0.5, 0.6) is 0 Å². The molecule has 5 rings (SSSR count). The summed E-state index contributed by atoms with van der Waals surface area (Å²) in [5, 5.41) is 8.53. The van der Waals surface area contributed by atoms with Gasteiger partial charge in [0.05, 0.1) is 23.5 Å². The number of nitrogens with one attached hydrogen (secondary N) is 2. The molecule has 0 bridgehead atoms. The minimum atomic E-state index is -4.30. The van der Waals surface area contributed by atoms with Gasteiger partial charge in [-0.25, -0.2) is 0 Å². The number of nitrogens with zero attached hydrogens (tertiary/aromatic N) is 4. The SMILES string of the molecule is CCc1c(C(=O)NCc2c(C)cc(C)[nH]c2=O)cc2c(cnn2C)c1N(CC)C1CCC(N2CC(OCC(F)(F)F)C2)CC1. The van der Waals surface area contributed by atoms with E-state index in [1.165, 1.54) is 0 Å². The van der Waals surface area contributed by atoms with Gasteiger partial charge in [0, 0.05) is 67.5 Å². The molecule has 2 fully saturated rings. The lowest BCUT2D eigenvalue weighted by Crippen LogP contribution is -2.58. The van der Waals surface area contributed by atoms with Crippen molar-refractivity contribution in [2.45, 2.75) is 90.7 Å². The van der Waals surface area contributed by atoms with Crippen LogP contribution in [0.3, 0.4) is 0 Å². The number of carbonyl (C=O) groups is 1. The number of aromatic amines is 1. The van der Waals surface area contributed by atoms with E-state index in [9.17, 15) is 22.8 Å². The summed E-state index contributed by atoms with van der Waals surface area (Å²) in [6.07, 6.45) is 1.66. The molecule has 3 aromatic rings. The van der Waals surface area contributed by atoms with Crippen molar-refractivity contribution in [3.8, 4) is 0 Å². The first kappa shape index (κ1) is 32.0. The quantitative estimate of drug-likeness (QED) is 0.341. The second-order valence-corrected chi connectivity index (χ2v) is 12.2. The van der Waals surface area contributed by atoms with Crippen LogP contribution in [-0.2, 0) is 24.8 Å². The predicted octanol–water partition coefficient (Wildman–Crippen LogP) is 4.77. The van der Waals surface area contributed by atoms with Gasteiger partial charge in [-0.1, -0.05) is 6.92 Å². The van der Waals surface area contributed by atoms with Gasteiger partial charge < -0.3 is 19.9 Å². The number of hydrogen-bond acceptors (Lipinski definition) is 6. The summed E-state index contributed by atoms with van der Waals surface area (Å²) in [4.78, 5) is 33.8. The number of ether oxygens (including phenoxy) is 1. The van der Waals surface area contributed by atoms with Crippen LogP contribution in [0.25, 0.3) is 10.9 Å². The third-order valence-electron chi connectivity index (χ3n) is 9.26. The molecule has 0 radical (unpaired) electrons. The minimum Gasteiger partial charge on any atom is -0.368 e. The first-order valence-corrected chi connectivity index (χ1v) is 15.5. The molecule has 1 aliphatic carbocycles. The Balaban J connectivity index is 1.34. The van der Waals surface area contributed by atoms with Gasteiger partial charge >= 0.3 is 6.18 Å². The Morgan fingerprint density at radius 2 is 1.84 bits per heavy atom. The maximum atomic E-state index is 13.7. The maximum absolute atomic E-state index is 13.7. The monoisotopic (exact) mass is 616 g/mol. The zero-order valence-electron chi connectivity index (χ0n) is 26.2. The summed E-state index contributed by atoms with van der Waals surface area (Å²) in [6.45, 7) is 8.68. The third kappa shape index (κ3) is 6.66. The zero-order valence-corrected chi connectivity index (χ0v) is 26.2. The van der Waals surface area contributed by atoms with E-state index in [1.54, 1.807) is 4.68 Å². The van der Waals surface area contributed by atoms with Gasteiger partial charge in [0.1, 0.15) is 6.61 Å². The van der Waals surface area contributed by atoms with Crippen LogP contribution in [0.2, 0.25) is 0 Å². The number of aromatic nitrogens is 3. The summed E-state index contributed by atoms with van der Waals surface area (Å²) in [7, 11) is 1.87.